The number of ketones is 1. The van der Waals surface area contributed by atoms with Gasteiger partial charge in [-0.1, -0.05) is 60.4 Å². The number of amides is 1. The largest absolute Gasteiger partial charge is 0.478 e. The molecule has 0 saturated carbocycles. The molecule has 1 unspecified atom stereocenters. The number of hydrogen-bond donors (Lipinski definition) is 3. The van der Waals surface area contributed by atoms with Crippen molar-refractivity contribution in [1.82, 2.24) is 10.2 Å². The Morgan fingerprint density at radius 3 is 2.71 bits per heavy atom. The fourth-order valence-electron chi connectivity index (χ4n) is 4.99. The molecule has 1 aromatic heterocycles. The Bertz CT molecular complexity index is 1640. The third-order valence-electron chi connectivity index (χ3n) is 6.94. The van der Waals surface area contributed by atoms with Crippen molar-refractivity contribution in [2.24, 2.45) is 5.73 Å². The normalized spacial score (nSPS) is 16.8. The van der Waals surface area contributed by atoms with Crippen LogP contribution in [0.2, 0.25) is 0 Å². The number of hydrogen-bond acceptors (Lipinski definition) is 10. The lowest BCUT2D eigenvalue weighted by molar-refractivity contribution is -0.116. The van der Waals surface area contributed by atoms with Gasteiger partial charge in [0, 0.05) is 23.4 Å². The summed E-state index contributed by atoms with van der Waals surface area (Å²) in [5.74, 6) is -1.74. The third kappa shape index (κ3) is 5.73. The number of nitriles is 1. The molecule has 1 amide bonds. The van der Waals surface area contributed by atoms with E-state index in [9.17, 15) is 19.6 Å². The van der Waals surface area contributed by atoms with E-state index in [0.29, 0.717) is 40.0 Å². The van der Waals surface area contributed by atoms with Crippen LogP contribution in [0.25, 0.3) is 0 Å². The summed E-state index contributed by atoms with van der Waals surface area (Å²) in [6.07, 6.45) is 2.54. The lowest BCUT2D eigenvalue weighted by atomic mass is 9.75. The number of carbonyl (C=O) groups excluding carboxylic acids is 2. The van der Waals surface area contributed by atoms with Gasteiger partial charge in [-0.25, -0.2) is 4.79 Å². The van der Waals surface area contributed by atoms with E-state index in [1.165, 1.54) is 35.2 Å². The van der Waals surface area contributed by atoms with Gasteiger partial charge >= 0.3 is 5.97 Å². The van der Waals surface area contributed by atoms with E-state index >= 15 is 0 Å². The lowest BCUT2D eigenvalue weighted by Gasteiger charge is -2.38. The zero-order valence-electron chi connectivity index (χ0n) is 22.1. The molecule has 1 aliphatic carbocycles. The summed E-state index contributed by atoms with van der Waals surface area (Å²) in [6, 6.07) is 16.2. The van der Waals surface area contributed by atoms with Gasteiger partial charge in [-0.15, -0.1) is 10.2 Å². The first-order valence-electron chi connectivity index (χ1n) is 12.9. The van der Waals surface area contributed by atoms with E-state index in [4.69, 9.17) is 10.8 Å². The number of carboxylic acid groups (broad SMARTS) is 1. The van der Waals surface area contributed by atoms with E-state index in [-0.39, 0.29) is 34.4 Å². The summed E-state index contributed by atoms with van der Waals surface area (Å²) in [5.41, 5.74) is 10.7. The van der Waals surface area contributed by atoms with Gasteiger partial charge in [-0.3, -0.25) is 14.5 Å². The van der Waals surface area contributed by atoms with Gasteiger partial charge < -0.3 is 16.2 Å². The Labute approximate surface area is 244 Å². The van der Waals surface area contributed by atoms with Gasteiger partial charge in [0.1, 0.15) is 5.82 Å². The number of nitrogens with zero attached hydrogens (tertiary/aromatic N) is 4. The predicted molar refractivity (Wildman–Crippen MR) is 156 cm³/mol. The number of Topliss-reactive ketones (excluding diaryl/α,β-unsaturated/α-hetero) is 1. The Kier molecular flexibility index (Phi) is 8.19. The molecule has 41 heavy (non-hydrogen) atoms. The number of carboxylic acids is 1. The number of allylic oxidation sites excluding steroid dienone is 3. The van der Waals surface area contributed by atoms with Gasteiger partial charge in [-0.2, -0.15) is 5.26 Å². The number of carbonyl (C=O) groups is 3. The molecule has 12 heteroatoms. The van der Waals surface area contributed by atoms with Crippen molar-refractivity contribution in [3.05, 3.63) is 87.9 Å². The quantitative estimate of drug-likeness (QED) is 0.312. The van der Waals surface area contributed by atoms with Crippen LogP contribution in [0, 0.1) is 11.3 Å². The number of rotatable bonds is 8. The molecule has 2 heterocycles. The summed E-state index contributed by atoms with van der Waals surface area (Å²) in [6.45, 7) is 2.07. The molecule has 1 aliphatic heterocycles. The molecular formula is C29H26N6O4S2. The molecule has 5 rings (SSSR count). The highest BCUT2D eigenvalue weighted by Gasteiger charge is 2.41. The monoisotopic (exact) mass is 586 g/mol. The predicted octanol–water partition coefficient (Wildman–Crippen LogP) is 4.83. The number of aryl methyl sites for hydroxylation is 1. The summed E-state index contributed by atoms with van der Waals surface area (Å²) in [5, 5.41) is 30.9. The second kappa shape index (κ2) is 12.0. The molecule has 2 aromatic carbocycles. The fourth-order valence-corrected chi connectivity index (χ4v) is 6.67. The average Bonchev–Trinajstić information content (AvgIpc) is 3.44. The number of aromatic carboxylic acids is 1. The molecule has 2 aliphatic rings. The van der Waals surface area contributed by atoms with Crippen LogP contribution in [0.3, 0.4) is 0 Å². The van der Waals surface area contributed by atoms with E-state index in [2.05, 4.69) is 28.5 Å². The van der Waals surface area contributed by atoms with Crippen molar-refractivity contribution in [3.63, 3.8) is 0 Å². The molecule has 0 saturated heterocycles. The van der Waals surface area contributed by atoms with Crippen LogP contribution < -0.4 is 16.0 Å². The number of benzene rings is 2. The van der Waals surface area contributed by atoms with Crippen molar-refractivity contribution in [2.75, 3.05) is 16.0 Å². The standard InChI is InChI=1S/C29H26N6O4S2/c1-2-16-9-11-17(12-10-16)24-20(14-30)26(31)35(21-7-4-8-22(36)25(21)24)28-33-34-29(41-28)40-15-23(37)32-19-6-3-5-18(13-19)27(38)39/h3,5-6,9-13,24H,2,4,7-8,15,31H2,1H3,(H,32,37)(H,38,39). The maximum atomic E-state index is 13.3. The fraction of sp³-hybridized carbons (Fsp3) is 0.241. The number of anilines is 2. The lowest BCUT2D eigenvalue weighted by Crippen LogP contribution is -2.38. The highest BCUT2D eigenvalue weighted by Crippen LogP contribution is 2.47. The van der Waals surface area contributed by atoms with Gasteiger partial charge in [0.25, 0.3) is 0 Å². The van der Waals surface area contributed by atoms with Crippen LogP contribution in [-0.4, -0.2) is 38.7 Å². The van der Waals surface area contributed by atoms with E-state index in [0.717, 1.165) is 23.2 Å². The smallest absolute Gasteiger partial charge is 0.335 e. The van der Waals surface area contributed by atoms with Crippen molar-refractivity contribution < 1.29 is 19.5 Å². The van der Waals surface area contributed by atoms with Gasteiger partial charge in [0.05, 0.1) is 28.9 Å². The van der Waals surface area contributed by atoms with Gasteiger partial charge in [-0.05, 0) is 48.6 Å². The van der Waals surface area contributed by atoms with Crippen molar-refractivity contribution in [3.8, 4) is 6.07 Å². The molecule has 1 atom stereocenters. The molecule has 208 valence electrons. The Balaban J connectivity index is 1.39. The minimum Gasteiger partial charge on any atom is -0.478 e. The summed E-state index contributed by atoms with van der Waals surface area (Å²) >= 11 is 2.38. The number of nitrogens with one attached hydrogen (secondary N) is 1. The van der Waals surface area contributed by atoms with Crippen LogP contribution in [0.1, 0.15) is 53.6 Å². The van der Waals surface area contributed by atoms with Crippen LogP contribution in [-0.2, 0) is 16.0 Å². The molecule has 3 aromatic rings. The van der Waals surface area contributed by atoms with Crippen molar-refractivity contribution >= 4 is 51.6 Å². The second-order valence-electron chi connectivity index (χ2n) is 9.48. The Hall–Kier alpha value is -4.47. The SMILES string of the molecule is CCc1ccc(C2C(C#N)=C(N)N(c3nnc(SCC(=O)Nc4cccc(C(=O)O)c4)s3)C3=C2C(=O)CCC3)cc1. The van der Waals surface area contributed by atoms with Crippen molar-refractivity contribution in [2.45, 2.75) is 42.9 Å². The number of thioether (sulfide) groups is 1. The summed E-state index contributed by atoms with van der Waals surface area (Å²) in [7, 11) is 0. The molecule has 0 spiro atoms. The Morgan fingerprint density at radius 1 is 1.22 bits per heavy atom. The molecule has 0 radical (unpaired) electrons. The van der Waals surface area contributed by atoms with Crippen LogP contribution in [0.5, 0.6) is 0 Å². The molecule has 0 fully saturated rings. The highest BCUT2D eigenvalue weighted by molar-refractivity contribution is 8.01. The maximum Gasteiger partial charge on any atom is 0.335 e. The van der Waals surface area contributed by atoms with E-state index < -0.39 is 11.9 Å². The second-order valence-corrected chi connectivity index (χ2v) is 11.7. The maximum absolute atomic E-state index is 13.3. The van der Waals surface area contributed by atoms with Crippen LogP contribution in [0.15, 0.2) is 75.5 Å². The minimum absolute atomic E-state index is 0.0104. The molecule has 10 nitrogen and oxygen atoms in total. The average molecular weight is 587 g/mol. The van der Waals surface area contributed by atoms with Gasteiger partial charge in [0.2, 0.25) is 11.0 Å². The zero-order valence-corrected chi connectivity index (χ0v) is 23.7. The van der Waals surface area contributed by atoms with Crippen LogP contribution in [0.4, 0.5) is 10.8 Å². The number of nitrogens with two attached hydrogens (primary N) is 1. The number of aromatic nitrogens is 2. The summed E-state index contributed by atoms with van der Waals surface area (Å²) in [4.78, 5) is 38.6. The zero-order chi connectivity index (χ0) is 29.1. The summed E-state index contributed by atoms with van der Waals surface area (Å²) < 4.78 is 0.502. The molecule has 0 bridgehead atoms. The topological polar surface area (TPSA) is 162 Å². The van der Waals surface area contributed by atoms with E-state index in [1.54, 1.807) is 17.0 Å². The van der Waals surface area contributed by atoms with Crippen molar-refractivity contribution in [1.29, 1.82) is 5.26 Å². The third-order valence-corrected chi connectivity index (χ3v) is 8.98. The first kappa shape index (κ1) is 28.1. The van der Waals surface area contributed by atoms with E-state index in [1.807, 2.05) is 24.3 Å². The minimum atomic E-state index is -1.08. The van der Waals surface area contributed by atoms with Gasteiger partial charge in [0.15, 0.2) is 10.1 Å². The first-order chi connectivity index (χ1) is 19.8. The highest BCUT2D eigenvalue weighted by atomic mass is 32.2. The Morgan fingerprint density at radius 2 is 2.00 bits per heavy atom. The first-order valence-corrected chi connectivity index (χ1v) is 14.7. The molecule has 4 N–H and O–H groups in total. The van der Waals surface area contributed by atoms with Crippen LogP contribution >= 0.6 is 23.1 Å². The molecular weight excluding hydrogens is 560 g/mol.